The van der Waals surface area contributed by atoms with Crippen molar-refractivity contribution in [3.63, 3.8) is 0 Å². The maximum absolute atomic E-state index is 13.5. The SMILES string of the molecule is CNC(C(=O)NCC(C)Oc1ccccc1F)c1cnn(C)c1.Cl. The number of ether oxygens (including phenoxy) is 1. The van der Waals surface area contributed by atoms with E-state index in [0.29, 0.717) is 0 Å². The van der Waals surface area contributed by atoms with E-state index in [9.17, 15) is 9.18 Å². The first-order chi connectivity index (χ1) is 11.0. The first-order valence-electron chi connectivity index (χ1n) is 7.36. The van der Waals surface area contributed by atoms with Crippen LogP contribution in [0.15, 0.2) is 36.7 Å². The van der Waals surface area contributed by atoms with Crippen molar-refractivity contribution in [2.45, 2.75) is 19.1 Å². The Morgan fingerprint density at radius 1 is 1.42 bits per heavy atom. The molecule has 2 unspecified atom stereocenters. The number of benzene rings is 1. The monoisotopic (exact) mass is 356 g/mol. The number of carbonyl (C=O) groups is 1. The third-order valence-electron chi connectivity index (χ3n) is 3.34. The highest BCUT2D eigenvalue weighted by atomic mass is 35.5. The van der Waals surface area contributed by atoms with Crippen molar-refractivity contribution in [2.24, 2.45) is 7.05 Å². The molecule has 2 atom stereocenters. The number of nitrogens with zero attached hydrogens (tertiary/aromatic N) is 2. The molecule has 6 nitrogen and oxygen atoms in total. The summed E-state index contributed by atoms with van der Waals surface area (Å²) >= 11 is 0. The number of nitrogens with one attached hydrogen (secondary N) is 2. The molecule has 0 spiro atoms. The Bertz CT molecular complexity index is 665. The summed E-state index contributed by atoms with van der Waals surface area (Å²) in [6.45, 7) is 2.04. The lowest BCUT2D eigenvalue weighted by Gasteiger charge is -2.18. The number of carbonyl (C=O) groups excluding carboxylic acids is 1. The minimum atomic E-state index is -0.496. The fourth-order valence-electron chi connectivity index (χ4n) is 2.18. The highest BCUT2D eigenvalue weighted by Crippen LogP contribution is 2.17. The van der Waals surface area contributed by atoms with Gasteiger partial charge in [0.2, 0.25) is 5.91 Å². The van der Waals surface area contributed by atoms with Crippen molar-refractivity contribution >= 4 is 18.3 Å². The first-order valence-corrected chi connectivity index (χ1v) is 7.36. The van der Waals surface area contributed by atoms with Gasteiger partial charge >= 0.3 is 0 Å². The summed E-state index contributed by atoms with van der Waals surface area (Å²) in [6, 6.07) is 5.69. The number of amides is 1. The van der Waals surface area contributed by atoms with Gasteiger partial charge in [-0.25, -0.2) is 4.39 Å². The number of hydrogen-bond acceptors (Lipinski definition) is 4. The molecular formula is C16H22ClFN4O2. The number of likely N-dealkylation sites (N-methyl/N-ethyl adjacent to an activating group) is 1. The van der Waals surface area contributed by atoms with Crippen LogP contribution in [0.25, 0.3) is 0 Å². The predicted octanol–water partition coefficient (Wildman–Crippen LogP) is 1.83. The van der Waals surface area contributed by atoms with E-state index in [1.165, 1.54) is 6.07 Å². The van der Waals surface area contributed by atoms with E-state index in [2.05, 4.69) is 15.7 Å². The summed E-state index contributed by atoms with van der Waals surface area (Å²) in [5.74, 6) is -0.440. The van der Waals surface area contributed by atoms with Gasteiger partial charge < -0.3 is 15.4 Å². The molecule has 2 N–H and O–H groups in total. The molecule has 0 bridgehead atoms. The second-order valence-corrected chi connectivity index (χ2v) is 5.27. The molecule has 1 aromatic carbocycles. The van der Waals surface area contributed by atoms with Crippen LogP contribution in [0.3, 0.4) is 0 Å². The lowest BCUT2D eigenvalue weighted by atomic mass is 10.1. The summed E-state index contributed by atoms with van der Waals surface area (Å²) in [5, 5.41) is 9.80. The van der Waals surface area contributed by atoms with E-state index < -0.39 is 11.9 Å². The van der Waals surface area contributed by atoms with Gasteiger partial charge in [-0.2, -0.15) is 5.10 Å². The fourth-order valence-corrected chi connectivity index (χ4v) is 2.18. The number of rotatable bonds is 7. The predicted molar refractivity (Wildman–Crippen MR) is 91.8 cm³/mol. The van der Waals surface area contributed by atoms with Crippen molar-refractivity contribution in [3.05, 3.63) is 48.0 Å². The Morgan fingerprint density at radius 2 is 2.12 bits per heavy atom. The quantitative estimate of drug-likeness (QED) is 0.794. The Hall–Kier alpha value is -2.12. The molecule has 1 aromatic heterocycles. The van der Waals surface area contributed by atoms with Crippen LogP contribution >= 0.6 is 12.4 Å². The van der Waals surface area contributed by atoms with Crippen molar-refractivity contribution in [1.82, 2.24) is 20.4 Å². The number of para-hydroxylation sites is 1. The first kappa shape index (κ1) is 19.9. The summed E-state index contributed by atoms with van der Waals surface area (Å²) in [4.78, 5) is 12.3. The molecule has 2 aromatic rings. The number of halogens is 2. The highest BCUT2D eigenvalue weighted by molar-refractivity contribution is 5.85. The average Bonchev–Trinajstić information content (AvgIpc) is 2.94. The lowest BCUT2D eigenvalue weighted by molar-refractivity contribution is -0.123. The zero-order valence-electron chi connectivity index (χ0n) is 13.8. The van der Waals surface area contributed by atoms with E-state index in [1.807, 2.05) is 0 Å². The van der Waals surface area contributed by atoms with E-state index in [-0.39, 0.29) is 36.7 Å². The van der Waals surface area contributed by atoms with Gasteiger partial charge in [-0.3, -0.25) is 9.48 Å². The molecule has 0 radical (unpaired) electrons. The van der Waals surface area contributed by atoms with Gasteiger partial charge in [-0.05, 0) is 26.1 Å². The van der Waals surface area contributed by atoms with Crippen molar-refractivity contribution < 1.29 is 13.9 Å². The van der Waals surface area contributed by atoms with Crippen LogP contribution in [0.1, 0.15) is 18.5 Å². The van der Waals surface area contributed by atoms with Crippen molar-refractivity contribution in [3.8, 4) is 5.75 Å². The molecule has 132 valence electrons. The highest BCUT2D eigenvalue weighted by Gasteiger charge is 2.20. The van der Waals surface area contributed by atoms with Crippen LogP contribution in [0.4, 0.5) is 4.39 Å². The topological polar surface area (TPSA) is 68.2 Å². The van der Waals surface area contributed by atoms with Crippen molar-refractivity contribution in [1.29, 1.82) is 0 Å². The molecule has 0 fully saturated rings. The van der Waals surface area contributed by atoms with Gasteiger partial charge in [0.1, 0.15) is 12.1 Å². The van der Waals surface area contributed by atoms with E-state index in [1.54, 1.807) is 56.3 Å². The minimum absolute atomic E-state index is 0. The molecule has 0 aliphatic rings. The van der Waals surface area contributed by atoms with Gasteiger partial charge in [-0.15, -0.1) is 12.4 Å². The molecule has 1 amide bonds. The second-order valence-electron chi connectivity index (χ2n) is 5.27. The van der Waals surface area contributed by atoms with E-state index >= 15 is 0 Å². The van der Waals surface area contributed by atoms with Gasteiger partial charge in [0.05, 0.1) is 12.7 Å². The number of aryl methyl sites for hydroxylation is 1. The lowest BCUT2D eigenvalue weighted by Crippen LogP contribution is -2.40. The van der Waals surface area contributed by atoms with Gasteiger partial charge in [0.25, 0.3) is 0 Å². The summed E-state index contributed by atoms with van der Waals surface area (Å²) in [6.07, 6.45) is 3.06. The van der Waals surface area contributed by atoms with E-state index in [4.69, 9.17) is 4.74 Å². The van der Waals surface area contributed by atoms with Crippen LogP contribution in [-0.4, -0.2) is 35.4 Å². The smallest absolute Gasteiger partial charge is 0.241 e. The van der Waals surface area contributed by atoms with Gasteiger partial charge in [0, 0.05) is 18.8 Å². The average molecular weight is 357 g/mol. The van der Waals surface area contributed by atoms with Crippen LogP contribution in [-0.2, 0) is 11.8 Å². The molecular weight excluding hydrogens is 335 g/mol. The maximum Gasteiger partial charge on any atom is 0.241 e. The zero-order chi connectivity index (χ0) is 16.8. The maximum atomic E-state index is 13.5. The third kappa shape index (κ3) is 5.21. The van der Waals surface area contributed by atoms with Gasteiger partial charge in [-0.1, -0.05) is 12.1 Å². The van der Waals surface area contributed by atoms with Crippen LogP contribution in [0.5, 0.6) is 5.75 Å². The molecule has 1 heterocycles. The summed E-state index contributed by atoms with van der Waals surface area (Å²) in [7, 11) is 3.50. The van der Waals surface area contributed by atoms with E-state index in [0.717, 1.165) is 5.56 Å². The fraction of sp³-hybridized carbons (Fsp3) is 0.375. The molecule has 24 heavy (non-hydrogen) atoms. The number of aromatic nitrogens is 2. The Balaban J connectivity index is 0.00000288. The minimum Gasteiger partial charge on any atom is -0.486 e. The van der Waals surface area contributed by atoms with Gasteiger partial charge in [0.15, 0.2) is 11.6 Å². The van der Waals surface area contributed by atoms with Crippen LogP contribution in [0.2, 0.25) is 0 Å². The van der Waals surface area contributed by atoms with Crippen LogP contribution < -0.4 is 15.4 Å². The van der Waals surface area contributed by atoms with Crippen LogP contribution in [0, 0.1) is 5.82 Å². The summed E-state index contributed by atoms with van der Waals surface area (Å²) < 4.78 is 20.7. The summed E-state index contributed by atoms with van der Waals surface area (Å²) in [5.41, 5.74) is 0.773. The second kappa shape index (κ2) is 9.24. The molecule has 0 saturated heterocycles. The zero-order valence-corrected chi connectivity index (χ0v) is 14.6. The Labute approximate surface area is 146 Å². The molecule has 8 heteroatoms. The van der Waals surface area contributed by atoms with Crippen molar-refractivity contribution in [2.75, 3.05) is 13.6 Å². The molecule has 0 aliphatic carbocycles. The molecule has 2 rings (SSSR count). The normalized spacial score (nSPS) is 12.8. The standard InChI is InChI=1S/C16H21FN4O2.ClH/c1-11(23-14-7-5-4-6-13(14)17)8-19-16(22)15(18-2)12-9-20-21(3)10-12;/h4-7,9-11,15,18H,8H2,1-3H3,(H,19,22);1H. The molecule has 0 aliphatic heterocycles. The largest absolute Gasteiger partial charge is 0.486 e. The number of hydrogen-bond donors (Lipinski definition) is 2. The Morgan fingerprint density at radius 3 is 2.71 bits per heavy atom. The molecule has 0 saturated carbocycles. The Kier molecular flexibility index (Phi) is 7.67. The third-order valence-corrected chi connectivity index (χ3v) is 3.34.